The van der Waals surface area contributed by atoms with Gasteiger partial charge in [-0.05, 0) is 74.3 Å². The van der Waals surface area contributed by atoms with Gasteiger partial charge in [-0.15, -0.1) is 0 Å². The predicted octanol–water partition coefficient (Wildman–Crippen LogP) is 3.53. The minimum atomic E-state index is -0.288. The van der Waals surface area contributed by atoms with Gasteiger partial charge in [0.2, 0.25) is 5.91 Å². The van der Waals surface area contributed by atoms with E-state index < -0.39 is 0 Å². The number of carbonyl (C=O) groups is 2. The van der Waals surface area contributed by atoms with Crippen LogP contribution in [0.2, 0.25) is 0 Å². The van der Waals surface area contributed by atoms with Crippen LogP contribution in [0.1, 0.15) is 31.2 Å². The molecule has 3 aromatic rings. The lowest BCUT2D eigenvalue weighted by Crippen LogP contribution is -2.30. The summed E-state index contributed by atoms with van der Waals surface area (Å²) in [7, 11) is 2.91. The van der Waals surface area contributed by atoms with Crippen molar-refractivity contribution in [2.45, 2.75) is 25.7 Å². The normalized spacial score (nSPS) is 13.6. The van der Waals surface area contributed by atoms with Crippen molar-refractivity contribution in [1.29, 1.82) is 0 Å². The number of fused-ring (bicyclic) bond motifs is 1. The smallest absolute Gasteiger partial charge is 0.283 e. The van der Waals surface area contributed by atoms with Crippen molar-refractivity contribution in [2.75, 3.05) is 44.9 Å². The number of carbonyl (C=O) groups excluding carboxylic acids is 2. The molecule has 1 aliphatic rings. The molecule has 1 saturated heterocycles. The first-order valence-electron chi connectivity index (χ1n) is 11.2. The van der Waals surface area contributed by atoms with E-state index in [4.69, 9.17) is 19.7 Å². The van der Waals surface area contributed by atoms with Crippen LogP contribution in [-0.4, -0.2) is 50.7 Å². The first-order chi connectivity index (χ1) is 16.4. The molecule has 0 atom stereocenters. The number of hydrogen-bond acceptors (Lipinski definition) is 7. The van der Waals surface area contributed by atoms with Gasteiger partial charge in [0.1, 0.15) is 11.3 Å². The minimum Gasteiger partial charge on any atom is -0.484 e. The molecule has 0 bridgehead atoms. The topological polar surface area (TPSA) is 119 Å². The van der Waals surface area contributed by atoms with Crippen LogP contribution < -0.4 is 21.1 Å². The number of amides is 2. The highest BCUT2D eigenvalue weighted by Crippen LogP contribution is 2.33. The number of piperidine rings is 1. The van der Waals surface area contributed by atoms with Gasteiger partial charge >= 0.3 is 0 Å². The largest absolute Gasteiger partial charge is 0.484 e. The molecule has 9 heteroatoms. The number of nitrogens with two attached hydrogens (primary N) is 1. The first kappa shape index (κ1) is 25.1. The van der Waals surface area contributed by atoms with Crippen LogP contribution in [0.4, 0.5) is 11.4 Å². The summed E-state index contributed by atoms with van der Waals surface area (Å²) < 4.78 is 10.8. The van der Waals surface area contributed by atoms with Crippen molar-refractivity contribution in [2.24, 2.45) is 0 Å². The zero-order valence-electron chi connectivity index (χ0n) is 19.8. The van der Waals surface area contributed by atoms with Crippen LogP contribution >= 0.6 is 0 Å². The Morgan fingerprint density at radius 2 is 1.88 bits per heavy atom. The monoisotopic (exact) mass is 468 g/mol. The van der Waals surface area contributed by atoms with Crippen molar-refractivity contribution in [3.05, 3.63) is 54.3 Å². The van der Waals surface area contributed by atoms with E-state index in [1.54, 1.807) is 24.3 Å². The van der Waals surface area contributed by atoms with E-state index in [9.17, 15) is 9.59 Å². The number of hydroxylamine groups is 2. The number of anilines is 2. The number of rotatable bonds is 6. The van der Waals surface area contributed by atoms with E-state index in [0.29, 0.717) is 17.4 Å². The zero-order valence-corrected chi connectivity index (χ0v) is 19.8. The average molecular weight is 469 g/mol. The molecule has 0 aliphatic carbocycles. The SMILES string of the molecule is CON(C)C(=O)COc1ccc(NC(C)=O)cc1.Nc1ccc2occ(C3CCNCC3)c2c1. The molecule has 1 aromatic heterocycles. The van der Waals surface area contributed by atoms with E-state index in [1.165, 1.54) is 44.9 Å². The lowest BCUT2D eigenvalue weighted by atomic mass is 9.90. The Bertz CT molecular complexity index is 1090. The van der Waals surface area contributed by atoms with Crippen LogP contribution in [-0.2, 0) is 14.4 Å². The van der Waals surface area contributed by atoms with E-state index in [2.05, 4.69) is 10.6 Å². The van der Waals surface area contributed by atoms with Gasteiger partial charge in [0, 0.05) is 36.3 Å². The third-order valence-electron chi connectivity index (χ3n) is 5.57. The van der Waals surface area contributed by atoms with Gasteiger partial charge in [-0.25, -0.2) is 5.06 Å². The fourth-order valence-corrected chi connectivity index (χ4v) is 3.69. The van der Waals surface area contributed by atoms with Crippen LogP contribution in [0.25, 0.3) is 11.0 Å². The van der Waals surface area contributed by atoms with Crippen molar-refractivity contribution in [3.8, 4) is 5.75 Å². The summed E-state index contributed by atoms with van der Waals surface area (Å²) >= 11 is 0. The second-order valence-electron chi connectivity index (χ2n) is 8.04. The van der Waals surface area contributed by atoms with Crippen LogP contribution in [0.5, 0.6) is 5.75 Å². The Morgan fingerprint density at radius 1 is 1.18 bits per heavy atom. The van der Waals surface area contributed by atoms with Gasteiger partial charge in [0.25, 0.3) is 5.91 Å². The summed E-state index contributed by atoms with van der Waals surface area (Å²) in [6, 6.07) is 12.6. The van der Waals surface area contributed by atoms with Crippen LogP contribution in [0.15, 0.2) is 53.1 Å². The number of hydrogen-bond donors (Lipinski definition) is 3. The highest BCUT2D eigenvalue weighted by atomic mass is 16.7. The van der Waals surface area contributed by atoms with E-state index in [0.717, 1.165) is 29.4 Å². The van der Waals surface area contributed by atoms with Gasteiger partial charge in [-0.2, -0.15) is 0 Å². The molecule has 182 valence electrons. The highest BCUT2D eigenvalue weighted by molar-refractivity contribution is 5.88. The van der Waals surface area contributed by atoms with Gasteiger partial charge in [0.15, 0.2) is 6.61 Å². The summed E-state index contributed by atoms with van der Waals surface area (Å²) in [6.07, 6.45) is 4.27. The van der Waals surface area contributed by atoms with E-state index >= 15 is 0 Å². The number of nitrogens with one attached hydrogen (secondary N) is 2. The standard InChI is InChI=1S/C13H16N2O.C12H16N2O4/c14-10-1-2-13-11(7-10)12(8-16-13)9-3-5-15-6-4-9;1-9(15)13-10-4-6-11(7-5-10)18-8-12(16)14(2)17-3/h1-2,7-9,15H,3-6,14H2;4-7H,8H2,1-3H3,(H,13,15). The van der Waals surface area contributed by atoms with Gasteiger partial charge < -0.3 is 25.5 Å². The number of nitrogen functional groups attached to an aromatic ring is 1. The number of benzene rings is 2. The summed E-state index contributed by atoms with van der Waals surface area (Å²) in [5, 5.41) is 8.29. The number of ether oxygens (including phenoxy) is 1. The van der Waals surface area contributed by atoms with Crippen LogP contribution in [0, 0.1) is 0 Å². The maximum Gasteiger partial charge on any atom is 0.283 e. The maximum absolute atomic E-state index is 11.4. The second-order valence-corrected chi connectivity index (χ2v) is 8.04. The molecule has 1 fully saturated rings. The minimum absolute atomic E-state index is 0.107. The summed E-state index contributed by atoms with van der Waals surface area (Å²) in [6.45, 7) is 3.52. The summed E-state index contributed by atoms with van der Waals surface area (Å²) in [5.41, 5.74) is 9.58. The number of nitrogens with zero attached hydrogens (tertiary/aromatic N) is 1. The average Bonchev–Trinajstić information content (AvgIpc) is 3.26. The first-order valence-corrected chi connectivity index (χ1v) is 11.2. The Hall–Kier alpha value is -3.56. The molecule has 0 unspecified atom stereocenters. The summed E-state index contributed by atoms with van der Waals surface area (Å²) in [5.74, 6) is 0.732. The fourth-order valence-electron chi connectivity index (χ4n) is 3.69. The van der Waals surface area contributed by atoms with Crippen molar-refractivity contribution in [3.63, 3.8) is 0 Å². The van der Waals surface area contributed by atoms with Crippen molar-refractivity contribution < 1.29 is 23.6 Å². The Kier molecular flexibility index (Phi) is 8.89. The fraction of sp³-hybridized carbons (Fsp3) is 0.360. The van der Waals surface area contributed by atoms with Crippen molar-refractivity contribution >= 4 is 34.2 Å². The lowest BCUT2D eigenvalue weighted by molar-refractivity contribution is -0.170. The molecule has 2 aromatic carbocycles. The van der Waals surface area contributed by atoms with Gasteiger partial charge in [0.05, 0.1) is 13.4 Å². The molecule has 0 spiro atoms. The van der Waals surface area contributed by atoms with E-state index in [1.807, 2.05) is 24.5 Å². The lowest BCUT2D eigenvalue weighted by Gasteiger charge is -2.21. The predicted molar refractivity (Wildman–Crippen MR) is 131 cm³/mol. The molecule has 2 amide bonds. The van der Waals surface area contributed by atoms with Gasteiger partial charge in [-0.3, -0.25) is 14.4 Å². The maximum atomic E-state index is 11.4. The molecular formula is C25H32N4O5. The molecule has 9 nitrogen and oxygen atoms in total. The number of likely N-dealkylation sites (N-methyl/N-ethyl adjacent to an activating group) is 1. The van der Waals surface area contributed by atoms with Crippen LogP contribution in [0.3, 0.4) is 0 Å². The second kappa shape index (κ2) is 12.1. The molecule has 4 rings (SSSR count). The number of furan rings is 1. The Morgan fingerprint density at radius 3 is 2.53 bits per heavy atom. The molecule has 4 N–H and O–H groups in total. The molecule has 0 saturated carbocycles. The third-order valence-corrected chi connectivity index (χ3v) is 5.57. The Balaban J connectivity index is 0.000000191. The van der Waals surface area contributed by atoms with Gasteiger partial charge in [-0.1, -0.05) is 0 Å². The Labute approximate surface area is 199 Å². The molecule has 1 aliphatic heterocycles. The third kappa shape index (κ3) is 6.97. The quantitative estimate of drug-likeness (QED) is 0.374. The van der Waals surface area contributed by atoms with Crippen molar-refractivity contribution in [1.82, 2.24) is 10.4 Å². The highest BCUT2D eigenvalue weighted by Gasteiger charge is 2.19. The van der Waals surface area contributed by atoms with E-state index in [-0.39, 0.29) is 18.4 Å². The molecule has 34 heavy (non-hydrogen) atoms. The summed E-state index contributed by atoms with van der Waals surface area (Å²) in [4.78, 5) is 26.9. The molecular weight excluding hydrogens is 436 g/mol. The zero-order chi connectivity index (χ0) is 24.5. The molecule has 2 heterocycles. The molecule has 0 radical (unpaired) electrons.